The van der Waals surface area contributed by atoms with Crippen LogP contribution in [0.1, 0.15) is 258 Å². The molecule has 0 spiro atoms. The molecule has 6 heteroatoms. The Morgan fingerprint density at radius 3 is 0.903 bits per heavy atom. The standard InChI is InChI=1S/C66H108O6/c1-4-7-10-13-16-19-22-25-28-31-33-36-38-41-44-47-50-53-56-59-65(68)71-62-63(61-70-64(67)58-55-52-49-46-43-40-37-34-30-27-24-21-18-15-12-9-6-3)72-66(69)60-57-54-51-48-45-42-39-35-32-29-26-23-20-17-14-11-8-5-2/h9,12,15-16,18-19,21-22,24-25,27,29-30,32,34-35,37,39-40,43,63H,4-8,10-11,13-14,17,20,23,26,28,31,33,36,38,41-42,44-62H2,1-3H3/b12-9-,18-15-,19-16-,24-21-,25-22-,30-27-,32-29-,37-34+,39-35-,43-40-. The van der Waals surface area contributed by atoms with E-state index in [4.69, 9.17) is 14.2 Å². The van der Waals surface area contributed by atoms with Gasteiger partial charge in [0.2, 0.25) is 0 Å². The van der Waals surface area contributed by atoms with E-state index in [1.54, 1.807) is 0 Å². The molecule has 0 rings (SSSR count). The van der Waals surface area contributed by atoms with Crippen molar-refractivity contribution in [2.75, 3.05) is 13.2 Å². The van der Waals surface area contributed by atoms with E-state index in [9.17, 15) is 14.4 Å². The summed E-state index contributed by atoms with van der Waals surface area (Å²) in [5, 5.41) is 0. The smallest absolute Gasteiger partial charge is 0.306 e. The van der Waals surface area contributed by atoms with Gasteiger partial charge in [-0.05, 0) is 89.9 Å². The number of ether oxygens (including phenoxy) is 3. The summed E-state index contributed by atoms with van der Waals surface area (Å²) in [6.45, 7) is 6.41. The Balaban J connectivity index is 4.51. The second kappa shape index (κ2) is 59.4. The highest BCUT2D eigenvalue weighted by Gasteiger charge is 2.19. The first-order chi connectivity index (χ1) is 35.5. The highest BCUT2D eigenvalue weighted by molar-refractivity contribution is 5.71. The second-order valence-corrected chi connectivity index (χ2v) is 19.4. The lowest BCUT2D eigenvalue weighted by Gasteiger charge is -2.18. The van der Waals surface area contributed by atoms with E-state index < -0.39 is 6.10 Å². The highest BCUT2D eigenvalue weighted by atomic mass is 16.6. The summed E-state index contributed by atoms with van der Waals surface area (Å²) < 4.78 is 16.8. The zero-order valence-corrected chi connectivity index (χ0v) is 46.7. The van der Waals surface area contributed by atoms with E-state index in [0.717, 1.165) is 89.9 Å². The lowest BCUT2D eigenvalue weighted by molar-refractivity contribution is -0.167. The van der Waals surface area contributed by atoms with E-state index in [-0.39, 0.29) is 31.1 Å². The van der Waals surface area contributed by atoms with E-state index >= 15 is 0 Å². The van der Waals surface area contributed by atoms with Crippen LogP contribution in [0.2, 0.25) is 0 Å². The number of carbonyl (C=O) groups excluding carboxylic acids is 3. The van der Waals surface area contributed by atoms with Gasteiger partial charge in [-0.25, -0.2) is 0 Å². The number of allylic oxidation sites excluding steroid dienone is 20. The highest BCUT2D eigenvalue weighted by Crippen LogP contribution is 2.15. The van der Waals surface area contributed by atoms with Crippen LogP contribution < -0.4 is 0 Å². The van der Waals surface area contributed by atoms with Crippen LogP contribution in [-0.4, -0.2) is 37.2 Å². The summed E-state index contributed by atoms with van der Waals surface area (Å²) in [4.78, 5) is 38.2. The van der Waals surface area contributed by atoms with Gasteiger partial charge in [0.15, 0.2) is 6.10 Å². The molecular formula is C66H108O6. The molecule has 0 aromatic heterocycles. The topological polar surface area (TPSA) is 78.9 Å². The molecule has 0 aliphatic rings. The molecule has 0 aliphatic heterocycles. The van der Waals surface area contributed by atoms with E-state index in [1.807, 2.05) is 60.8 Å². The first kappa shape index (κ1) is 67.8. The minimum Gasteiger partial charge on any atom is -0.462 e. The molecule has 0 saturated carbocycles. The van der Waals surface area contributed by atoms with Gasteiger partial charge in [0, 0.05) is 19.3 Å². The average molecular weight is 998 g/mol. The number of rotatable bonds is 52. The second-order valence-electron chi connectivity index (χ2n) is 19.4. The average Bonchev–Trinajstić information content (AvgIpc) is 3.38. The Morgan fingerprint density at radius 2 is 0.542 bits per heavy atom. The molecule has 0 N–H and O–H groups in total. The van der Waals surface area contributed by atoms with Crippen molar-refractivity contribution >= 4 is 17.9 Å². The minimum atomic E-state index is -0.811. The van der Waals surface area contributed by atoms with Crippen LogP contribution in [0.4, 0.5) is 0 Å². The Bertz CT molecular complexity index is 1520. The van der Waals surface area contributed by atoms with Crippen molar-refractivity contribution in [1.29, 1.82) is 0 Å². The first-order valence-electron chi connectivity index (χ1n) is 29.7. The van der Waals surface area contributed by atoms with E-state index in [2.05, 4.69) is 81.5 Å². The normalized spacial score (nSPS) is 13.0. The van der Waals surface area contributed by atoms with Gasteiger partial charge in [-0.15, -0.1) is 0 Å². The summed E-state index contributed by atoms with van der Waals surface area (Å²) in [6.07, 6.45) is 81.8. The van der Waals surface area contributed by atoms with Gasteiger partial charge in [-0.1, -0.05) is 271 Å². The first-order valence-corrected chi connectivity index (χ1v) is 29.7. The molecule has 0 fully saturated rings. The maximum atomic E-state index is 12.9. The summed E-state index contributed by atoms with van der Waals surface area (Å²) in [5.74, 6) is -0.966. The molecule has 0 saturated heterocycles. The van der Waals surface area contributed by atoms with Crippen molar-refractivity contribution in [3.8, 4) is 0 Å². The van der Waals surface area contributed by atoms with E-state index in [0.29, 0.717) is 19.3 Å². The van der Waals surface area contributed by atoms with Crippen molar-refractivity contribution in [1.82, 2.24) is 0 Å². The Hall–Kier alpha value is -4.19. The molecule has 0 aliphatic carbocycles. The summed E-state index contributed by atoms with van der Waals surface area (Å²) >= 11 is 0. The Labute approximate surface area is 443 Å². The third kappa shape index (κ3) is 56.7. The molecule has 0 aromatic carbocycles. The number of unbranched alkanes of at least 4 members (excludes halogenated alkanes) is 28. The van der Waals surface area contributed by atoms with Crippen LogP contribution in [0.3, 0.4) is 0 Å². The summed E-state index contributed by atoms with van der Waals surface area (Å²) in [6, 6.07) is 0. The zero-order valence-electron chi connectivity index (χ0n) is 46.7. The summed E-state index contributed by atoms with van der Waals surface area (Å²) in [7, 11) is 0. The molecule has 0 aromatic rings. The number of esters is 3. The van der Waals surface area contributed by atoms with Gasteiger partial charge >= 0.3 is 17.9 Å². The Morgan fingerprint density at radius 1 is 0.292 bits per heavy atom. The SMILES string of the molecule is CC\C=C/C=C\C=C/C=C\C=C\C=C/CCCCCC(=O)OCC(COC(=O)CCCCCCCCCCCC/C=C\C=C/CCCCC)OC(=O)CCCCCCC/C=C\C=C/CCCCCCCCC. The van der Waals surface area contributed by atoms with Gasteiger partial charge in [0.05, 0.1) is 0 Å². The van der Waals surface area contributed by atoms with Crippen molar-refractivity contribution in [3.05, 3.63) is 122 Å². The largest absolute Gasteiger partial charge is 0.462 e. The number of hydrogen-bond acceptors (Lipinski definition) is 6. The quantitative estimate of drug-likeness (QED) is 0.0261. The van der Waals surface area contributed by atoms with Gasteiger partial charge in [-0.2, -0.15) is 0 Å². The van der Waals surface area contributed by atoms with Crippen LogP contribution in [0.5, 0.6) is 0 Å². The van der Waals surface area contributed by atoms with E-state index in [1.165, 1.54) is 128 Å². The van der Waals surface area contributed by atoms with Crippen molar-refractivity contribution in [2.24, 2.45) is 0 Å². The molecule has 6 nitrogen and oxygen atoms in total. The fraction of sp³-hybridized carbons (Fsp3) is 0.652. The van der Waals surface area contributed by atoms with Crippen LogP contribution in [0.25, 0.3) is 0 Å². The van der Waals surface area contributed by atoms with Crippen LogP contribution in [0, 0.1) is 0 Å². The molecule has 0 heterocycles. The van der Waals surface area contributed by atoms with Crippen molar-refractivity contribution in [3.63, 3.8) is 0 Å². The lowest BCUT2D eigenvalue weighted by Crippen LogP contribution is -2.30. The molecule has 1 atom stereocenters. The molecule has 0 amide bonds. The van der Waals surface area contributed by atoms with Gasteiger partial charge in [-0.3, -0.25) is 14.4 Å². The van der Waals surface area contributed by atoms with Gasteiger partial charge < -0.3 is 14.2 Å². The summed E-state index contributed by atoms with van der Waals surface area (Å²) in [5.41, 5.74) is 0. The lowest BCUT2D eigenvalue weighted by atomic mass is 10.1. The third-order valence-corrected chi connectivity index (χ3v) is 12.4. The monoisotopic (exact) mass is 997 g/mol. The zero-order chi connectivity index (χ0) is 52.2. The van der Waals surface area contributed by atoms with Crippen LogP contribution >= 0.6 is 0 Å². The van der Waals surface area contributed by atoms with Gasteiger partial charge in [0.1, 0.15) is 13.2 Å². The third-order valence-electron chi connectivity index (χ3n) is 12.4. The molecule has 0 bridgehead atoms. The maximum absolute atomic E-state index is 12.9. The molecule has 0 radical (unpaired) electrons. The van der Waals surface area contributed by atoms with Crippen LogP contribution in [0.15, 0.2) is 122 Å². The maximum Gasteiger partial charge on any atom is 0.306 e. The number of hydrogen-bond donors (Lipinski definition) is 0. The molecule has 408 valence electrons. The van der Waals surface area contributed by atoms with Crippen LogP contribution in [-0.2, 0) is 28.6 Å². The van der Waals surface area contributed by atoms with Crippen molar-refractivity contribution in [2.45, 2.75) is 264 Å². The predicted molar refractivity (Wildman–Crippen MR) is 311 cm³/mol. The predicted octanol–water partition coefficient (Wildman–Crippen LogP) is 20.0. The van der Waals surface area contributed by atoms with Crippen molar-refractivity contribution < 1.29 is 28.6 Å². The van der Waals surface area contributed by atoms with Gasteiger partial charge in [0.25, 0.3) is 0 Å². The minimum absolute atomic E-state index is 0.103. The fourth-order valence-electron chi connectivity index (χ4n) is 7.93. The number of carbonyl (C=O) groups is 3. The fourth-order valence-corrected chi connectivity index (χ4v) is 7.93. The molecule has 1 unspecified atom stereocenters. The molecular weight excluding hydrogens is 889 g/mol. The Kier molecular flexibility index (Phi) is 55.9. The molecule has 72 heavy (non-hydrogen) atoms.